The molecule has 1 unspecified atom stereocenters. The van der Waals surface area contributed by atoms with E-state index in [1.165, 1.54) is 12.4 Å². The fourth-order valence-corrected chi connectivity index (χ4v) is 0.502. The van der Waals surface area contributed by atoms with Gasteiger partial charge in [-0.1, -0.05) is 6.08 Å². The molecule has 1 rings (SSSR count). The van der Waals surface area contributed by atoms with E-state index >= 15 is 0 Å². The molecule has 0 fully saturated rings. The van der Waals surface area contributed by atoms with Crippen molar-refractivity contribution in [1.29, 1.82) is 0 Å². The van der Waals surface area contributed by atoms with Crippen molar-refractivity contribution in [3.05, 3.63) is 12.7 Å². The molecule has 0 aromatic heterocycles. The van der Waals surface area contributed by atoms with E-state index in [0.29, 0.717) is 0 Å². The Balaban J connectivity index is 2.63. The Bertz CT molecular complexity index is 151. The molecule has 42 valence electrons. The maximum absolute atomic E-state index is 10.5. The summed E-state index contributed by atoms with van der Waals surface area (Å²) in [6, 6.07) is -0.282. The zero-order valence-corrected chi connectivity index (χ0v) is 4.29. The number of carbonyl (C=O) groups excluding carboxylic acids is 1. The van der Waals surface area contributed by atoms with E-state index in [9.17, 15) is 4.79 Å². The van der Waals surface area contributed by atoms with Crippen LogP contribution in [0.15, 0.2) is 17.6 Å². The topological polar surface area (TPSA) is 41.5 Å². The van der Waals surface area contributed by atoms with Gasteiger partial charge >= 0.3 is 0 Å². The van der Waals surface area contributed by atoms with Crippen molar-refractivity contribution in [2.75, 3.05) is 0 Å². The van der Waals surface area contributed by atoms with Crippen LogP contribution in [0.25, 0.3) is 0 Å². The molecule has 0 aliphatic carbocycles. The summed E-state index contributed by atoms with van der Waals surface area (Å²) in [5, 5.41) is 2.70. The summed E-state index contributed by atoms with van der Waals surface area (Å²) in [4.78, 5) is 13.9. The van der Waals surface area contributed by atoms with E-state index in [4.69, 9.17) is 0 Å². The van der Waals surface area contributed by atoms with Crippen LogP contribution in [-0.2, 0) is 4.79 Å². The van der Waals surface area contributed by atoms with Crippen molar-refractivity contribution in [1.82, 2.24) is 5.32 Å². The molecule has 0 spiro atoms. The van der Waals surface area contributed by atoms with E-state index in [2.05, 4.69) is 16.9 Å². The minimum absolute atomic E-state index is 0.167. The minimum Gasteiger partial charge on any atom is -0.361 e. The highest BCUT2D eigenvalue weighted by Gasteiger charge is 2.15. The molecular weight excluding hydrogens is 104 g/mol. The van der Waals surface area contributed by atoms with Gasteiger partial charge in [0, 0.05) is 0 Å². The third kappa shape index (κ3) is 0.621. The van der Waals surface area contributed by atoms with Crippen molar-refractivity contribution in [2.24, 2.45) is 4.99 Å². The molecule has 0 saturated heterocycles. The van der Waals surface area contributed by atoms with Crippen LogP contribution in [0.3, 0.4) is 0 Å². The Hall–Kier alpha value is -1.12. The second-order valence-electron chi connectivity index (χ2n) is 1.48. The molecule has 0 bridgehead atoms. The van der Waals surface area contributed by atoms with Gasteiger partial charge in [0.05, 0.1) is 6.34 Å². The summed E-state index contributed by atoms with van der Waals surface area (Å²) >= 11 is 0. The first-order valence-corrected chi connectivity index (χ1v) is 2.29. The van der Waals surface area contributed by atoms with E-state index in [1.807, 2.05) is 0 Å². The van der Waals surface area contributed by atoms with Gasteiger partial charge in [-0.05, 0) is 0 Å². The summed E-state index contributed by atoms with van der Waals surface area (Å²) in [5.41, 5.74) is 0. The SMILES string of the molecule is C=CC1NC=NC1=O. The Morgan fingerprint density at radius 3 is 3.00 bits per heavy atom. The predicted molar refractivity (Wildman–Crippen MR) is 30.6 cm³/mol. The van der Waals surface area contributed by atoms with E-state index in [0.717, 1.165) is 0 Å². The third-order valence-corrected chi connectivity index (χ3v) is 0.948. The van der Waals surface area contributed by atoms with Crippen LogP contribution >= 0.6 is 0 Å². The number of amides is 1. The average molecular weight is 110 g/mol. The first-order chi connectivity index (χ1) is 3.84. The zero-order chi connectivity index (χ0) is 5.98. The number of nitrogens with one attached hydrogen (secondary N) is 1. The van der Waals surface area contributed by atoms with Gasteiger partial charge < -0.3 is 5.32 Å². The monoisotopic (exact) mass is 110 g/mol. The highest BCUT2D eigenvalue weighted by atomic mass is 16.2. The molecule has 0 radical (unpaired) electrons. The summed E-state index contributed by atoms with van der Waals surface area (Å²) in [5.74, 6) is -0.167. The maximum atomic E-state index is 10.5. The van der Waals surface area contributed by atoms with Gasteiger partial charge in [0.1, 0.15) is 6.04 Å². The number of hydrogen-bond acceptors (Lipinski definition) is 2. The van der Waals surface area contributed by atoms with Gasteiger partial charge in [-0.3, -0.25) is 4.79 Å². The number of aliphatic imine (C=N–C) groups is 1. The Labute approximate surface area is 47.1 Å². The first kappa shape index (κ1) is 5.03. The van der Waals surface area contributed by atoms with Crippen LogP contribution in [0.1, 0.15) is 0 Å². The van der Waals surface area contributed by atoms with Gasteiger partial charge in [0.15, 0.2) is 0 Å². The lowest BCUT2D eigenvalue weighted by molar-refractivity contribution is -0.117. The Morgan fingerprint density at radius 1 is 2.00 bits per heavy atom. The van der Waals surface area contributed by atoms with E-state index in [-0.39, 0.29) is 11.9 Å². The molecule has 0 aromatic rings. The van der Waals surface area contributed by atoms with Crippen LogP contribution in [0, 0.1) is 0 Å². The van der Waals surface area contributed by atoms with Crippen LogP contribution in [0.5, 0.6) is 0 Å². The number of carbonyl (C=O) groups is 1. The fourth-order valence-electron chi connectivity index (χ4n) is 0.502. The molecule has 0 aromatic carbocycles. The molecule has 1 aliphatic heterocycles. The van der Waals surface area contributed by atoms with Crippen LogP contribution in [0.2, 0.25) is 0 Å². The predicted octanol–water partition coefficient (Wildman–Crippen LogP) is -0.301. The quantitative estimate of drug-likeness (QED) is 0.471. The summed E-state index contributed by atoms with van der Waals surface area (Å²) < 4.78 is 0. The first-order valence-electron chi connectivity index (χ1n) is 2.29. The largest absolute Gasteiger partial charge is 0.361 e. The van der Waals surface area contributed by atoms with Gasteiger partial charge in [0.2, 0.25) is 0 Å². The highest BCUT2D eigenvalue weighted by molar-refractivity contribution is 5.96. The van der Waals surface area contributed by atoms with Gasteiger partial charge in [-0.2, -0.15) is 0 Å². The number of rotatable bonds is 1. The summed E-state index contributed by atoms with van der Waals surface area (Å²) in [7, 11) is 0. The minimum atomic E-state index is -0.282. The van der Waals surface area contributed by atoms with Gasteiger partial charge in [-0.15, -0.1) is 6.58 Å². The second-order valence-corrected chi connectivity index (χ2v) is 1.48. The van der Waals surface area contributed by atoms with Crippen LogP contribution in [0.4, 0.5) is 0 Å². The highest BCUT2D eigenvalue weighted by Crippen LogP contribution is 1.92. The zero-order valence-electron chi connectivity index (χ0n) is 4.29. The molecule has 1 amide bonds. The summed E-state index contributed by atoms with van der Waals surface area (Å²) in [6.07, 6.45) is 2.91. The number of nitrogens with zero attached hydrogens (tertiary/aromatic N) is 1. The van der Waals surface area contributed by atoms with Crippen molar-refractivity contribution in [2.45, 2.75) is 6.04 Å². The standard InChI is InChI=1S/C5H6N2O/c1-2-4-5(8)7-3-6-4/h2-4H,1H2,(H,6,7,8). The Kier molecular flexibility index (Phi) is 1.12. The smallest absolute Gasteiger partial charge is 0.273 e. The van der Waals surface area contributed by atoms with Gasteiger partial charge in [0.25, 0.3) is 5.91 Å². The number of hydrogen-bond donors (Lipinski definition) is 1. The summed E-state index contributed by atoms with van der Waals surface area (Å²) in [6.45, 7) is 3.43. The molecule has 3 nitrogen and oxygen atoms in total. The lowest BCUT2D eigenvalue weighted by Crippen LogP contribution is -2.25. The average Bonchev–Trinajstić information content (AvgIpc) is 2.14. The maximum Gasteiger partial charge on any atom is 0.273 e. The van der Waals surface area contributed by atoms with E-state index < -0.39 is 0 Å². The van der Waals surface area contributed by atoms with E-state index in [1.54, 1.807) is 0 Å². The third-order valence-electron chi connectivity index (χ3n) is 0.948. The molecule has 1 aliphatic rings. The normalized spacial score (nSPS) is 25.5. The molecule has 1 atom stereocenters. The van der Waals surface area contributed by atoms with Crippen molar-refractivity contribution in [3.8, 4) is 0 Å². The van der Waals surface area contributed by atoms with Crippen molar-refractivity contribution < 1.29 is 4.79 Å². The fraction of sp³-hybridized carbons (Fsp3) is 0.200. The second kappa shape index (κ2) is 1.78. The molecular formula is C5H6N2O. The molecule has 1 heterocycles. The lowest BCUT2D eigenvalue weighted by Gasteiger charge is -1.96. The molecule has 0 saturated carbocycles. The molecule has 3 heteroatoms. The van der Waals surface area contributed by atoms with Crippen LogP contribution < -0.4 is 5.32 Å². The van der Waals surface area contributed by atoms with Crippen molar-refractivity contribution >= 4 is 12.2 Å². The molecule has 1 N–H and O–H groups in total. The van der Waals surface area contributed by atoms with Crippen molar-refractivity contribution in [3.63, 3.8) is 0 Å². The molecule has 8 heavy (non-hydrogen) atoms. The van der Waals surface area contributed by atoms with Gasteiger partial charge in [-0.25, -0.2) is 4.99 Å². The Morgan fingerprint density at radius 2 is 2.75 bits per heavy atom. The van der Waals surface area contributed by atoms with Crippen LogP contribution in [-0.4, -0.2) is 18.3 Å². The lowest BCUT2D eigenvalue weighted by atomic mass is 10.3.